The molecule has 0 aliphatic rings. The summed E-state index contributed by atoms with van der Waals surface area (Å²) in [5, 5.41) is 18.9. The molecule has 0 bridgehead atoms. The minimum Gasteiger partial charge on any atom is -0.478 e. The molecular formula is C26H32O8. The summed E-state index contributed by atoms with van der Waals surface area (Å²) < 4.78 is 5.44. The third-order valence-corrected chi connectivity index (χ3v) is 5.29. The van der Waals surface area contributed by atoms with Gasteiger partial charge in [-0.3, -0.25) is 0 Å². The number of esters is 1. The first-order valence-electron chi connectivity index (χ1n) is 11.4. The number of aryl methyl sites for hydroxylation is 2. The number of carboxylic acids is 2. The summed E-state index contributed by atoms with van der Waals surface area (Å²) in [5.74, 6) is -3.15. The van der Waals surface area contributed by atoms with Crippen molar-refractivity contribution in [2.24, 2.45) is 0 Å². The van der Waals surface area contributed by atoms with E-state index < -0.39 is 24.2 Å². The molecule has 2 aromatic carbocycles. The Hall–Kier alpha value is -3.23. The SMILES string of the molecule is CCCCCCCC(OOCc1ccc(C)cc1C(=O)O)OC(=O)c1ccc(C)cc1C(=O)O. The lowest BCUT2D eigenvalue weighted by atomic mass is 10.0. The molecule has 0 fully saturated rings. The summed E-state index contributed by atoms with van der Waals surface area (Å²) in [7, 11) is 0. The van der Waals surface area contributed by atoms with Crippen LogP contribution in [0.3, 0.4) is 0 Å². The topological polar surface area (TPSA) is 119 Å². The number of hydrogen-bond acceptors (Lipinski definition) is 6. The van der Waals surface area contributed by atoms with Crippen molar-refractivity contribution in [2.75, 3.05) is 0 Å². The standard InChI is InChI=1S/C26H32O8/c1-4-5-6-7-8-9-23(33-26(31)20-13-11-18(3)15-22(20)25(29)30)34-32-16-19-12-10-17(2)14-21(19)24(27)28/h10-15,23H,4-9,16H2,1-3H3,(H,27,28)(H,29,30). The molecule has 1 atom stereocenters. The molecule has 0 saturated carbocycles. The van der Waals surface area contributed by atoms with E-state index in [1.807, 2.05) is 0 Å². The number of benzene rings is 2. The molecular weight excluding hydrogens is 440 g/mol. The molecule has 0 aliphatic carbocycles. The van der Waals surface area contributed by atoms with Crippen molar-refractivity contribution in [2.45, 2.75) is 72.2 Å². The highest BCUT2D eigenvalue weighted by atomic mass is 17.2. The van der Waals surface area contributed by atoms with E-state index in [0.717, 1.165) is 31.2 Å². The Labute approximate surface area is 199 Å². The molecule has 0 radical (unpaired) electrons. The van der Waals surface area contributed by atoms with Crippen LogP contribution in [-0.4, -0.2) is 34.4 Å². The van der Waals surface area contributed by atoms with Gasteiger partial charge >= 0.3 is 17.9 Å². The van der Waals surface area contributed by atoms with E-state index in [1.165, 1.54) is 18.2 Å². The number of rotatable bonds is 14. The first kappa shape index (κ1) is 27.0. The van der Waals surface area contributed by atoms with Crippen LogP contribution >= 0.6 is 0 Å². The van der Waals surface area contributed by atoms with Crippen LogP contribution < -0.4 is 0 Å². The number of carbonyl (C=O) groups excluding carboxylic acids is 1. The summed E-state index contributed by atoms with van der Waals surface area (Å²) in [4.78, 5) is 46.4. The van der Waals surface area contributed by atoms with Gasteiger partial charge in [-0.2, -0.15) is 4.89 Å². The maximum atomic E-state index is 12.7. The lowest BCUT2D eigenvalue weighted by molar-refractivity contribution is -0.375. The van der Waals surface area contributed by atoms with Crippen molar-refractivity contribution in [3.05, 3.63) is 69.8 Å². The van der Waals surface area contributed by atoms with Gasteiger partial charge in [0.05, 0.1) is 16.7 Å². The fourth-order valence-electron chi connectivity index (χ4n) is 3.43. The summed E-state index contributed by atoms with van der Waals surface area (Å²) in [6, 6.07) is 9.38. The van der Waals surface area contributed by atoms with E-state index >= 15 is 0 Å². The van der Waals surface area contributed by atoms with Gasteiger partial charge in [-0.15, -0.1) is 0 Å². The number of carbonyl (C=O) groups is 3. The van der Waals surface area contributed by atoms with Crippen LogP contribution in [0.25, 0.3) is 0 Å². The zero-order valence-corrected chi connectivity index (χ0v) is 19.8. The van der Waals surface area contributed by atoms with Crippen LogP contribution in [0.4, 0.5) is 0 Å². The lowest BCUT2D eigenvalue weighted by Gasteiger charge is -2.18. The van der Waals surface area contributed by atoms with Crippen LogP contribution in [0.5, 0.6) is 0 Å². The fraction of sp³-hybridized carbons (Fsp3) is 0.423. The Kier molecular flexibility index (Phi) is 10.7. The molecule has 1 unspecified atom stereocenters. The predicted molar refractivity (Wildman–Crippen MR) is 125 cm³/mol. The van der Waals surface area contributed by atoms with Gasteiger partial charge in [0, 0.05) is 6.42 Å². The highest BCUT2D eigenvalue weighted by molar-refractivity contribution is 6.02. The fourth-order valence-corrected chi connectivity index (χ4v) is 3.43. The highest BCUT2D eigenvalue weighted by Crippen LogP contribution is 2.19. The van der Waals surface area contributed by atoms with Crippen molar-refractivity contribution in [3.8, 4) is 0 Å². The molecule has 34 heavy (non-hydrogen) atoms. The second-order valence-corrected chi connectivity index (χ2v) is 8.22. The number of hydrogen-bond donors (Lipinski definition) is 2. The molecule has 184 valence electrons. The monoisotopic (exact) mass is 472 g/mol. The molecule has 0 saturated heterocycles. The zero-order chi connectivity index (χ0) is 25.1. The van der Waals surface area contributed by atoms with Gasteiger partial charge in [-0.25, -0.2) is 19.3 Å². The van der Waals surface area contributed by atoms with Crippen LogP contribution in [0.15, 0.2) is 36.4 Å². The van der Waals surface area contributed by atoms with E-state index in [9.17, 15) is 24.6 Å². The van der Waals surface area contributed by atoms with Crippen LogP contribution in [-0.2, 0) is 21.1 Å². The van der Waals surface area contributed by atoms with E-state index in [0.29, 0.717) is 24.0 Å². The molecule has 8 heteroatoms. The first-order chi connectivity index (χ1) is 16.2. The van der Waals surface area contributed by atoms with E-state index in [4.69, 9.17) is 14.5 Å². The Morgan fingerprint density at radius 2 is 1.44 bits per heavy atom. The van der Waals surface area contributed by atoms with Gasteiger partial charge < -0.3 is 14.9 Å². The summed E-state index contributed by atoms with van der Waals surface area (Å²) in [6.45, 7) is 5.47. The maximum Gasteiger partial charge on any atom is 0.341 e. The largest absolute Gasteiger partial charge is 0.478 e. The van der Waals surface area contributed by atoms with Crippen molar-refractivity contribution < 1.29 is 39.1 Å². The molecule has 2 aromatic rings. The number of unbranched alkanes of at least 4 members (excludes halogenated alkanes) is 4. The number of ether oxygens (including phenoxy) is 1. The van der Waals surface area contributed by atoms with Crippen LogP contribution in [0.2, 0.25) is 0 Å². The van der Waals surface area contributed by atoms with E-state index in [1.54, 1.807) is 32.0 Å². The average molecular weight is 473 g/mol. The average Bonchev–Trinajstić information content (AvgIpc) is 2.79. The molecule has 8 nitrogen and oxygen atoms in total. The predicted octanol–water partition coefficient (Wildman–Crippen LogP) is 5.69. The number of carboxylic acid groups (broad SMARTS) is 2. The van der Waals surface area contributed by atoms with Crippen molar-refractivity contribution >= 4 is 17.9 Å². The molecule has 2 N–H and O–H groups in total. The molecule has 0 aromatic heterocycles. The quantitative estimate of drug-likeness (QED) is 0.118. The number of aromatic carboxylic acids is 2. The molecule has 0 spiro atoms. The lowest BCUT2D eigenvalue weighted by Crippen LogP contribution is -2.23. The van der Waals surface area contributed by atoms with Crippen molar-refractivity contribution in [3.63, 3.8) is 0 Å². The first-order valence-corrected chi connectivity index (χ1v) is 11.4. The summed E-state index contributed by atoms with van der Waals surface area (Å²) in [6.07, 6.45) is 4.12. The Balaban J connectivity index is 2.09. The maximum absolute atomic E-state index is 12.7. The minimum atomic E-state index is -1.23. The van der Waals surface area contributed by atoms with Gasteiger partial charge in [0.25, 0.3) is 0 Å². The highest BCUT2D eigenvalue weighted by Gasteiger charge is 2.23. The smallest absolute Gasteiger partial charge is 0.341 e. The second kappa shape index (κ2) is 13.5. The van der Waals surface area contributed by atoms with Crippen LogP contribution in [0, 0.1) is 13.8 Å². The third-order valence-electron chi connectivity index (χ3n) is 5.29. The van der Waals surface area contributed by atoms with Crippen LogP contribution in [0.1, 0.15) is 93.2 Å². The third kappa shape index (κ3) is 8.28. The van der Waals surface area contributed by atoms with Crippen molar-refractivity contribution in [1.29, 1.82) is 0 Å². The van der Waals surface area contributed by atoms with Gasteiger partial charge in [0.15, 0.2) is 0 Å². The minimum absolute atomic E-state index is 0.0793. The Morgan fingerprint density at radius 3 is 2.09 bits per heavy atom. The van der Waals surface area contributed by atoms with Gasteiger partial charge in [-0.1, -0.05) is 61.9 Å². The zero-order valence-electron chi connectivity index (χ0n) is 19.8. The molecule has 0 amide bonds. The summed E-state index contributed by atoms with van der Waals surface area (Å²) >= 11 is 0. The molecule has 0 aliphatic heterocycles. The molecule has 2 rings (SSSR count). The van der Waals surface area contributed by atoms with Crippen molar-refractivity contribution in [1.82, 2.24) is 0 Å². The Bertz CT molecular complexity index is 998. The van der Waals surface area contributed by atoms with E-state index in [2.05, 4.69) is 6.92 Å². The second-order valence-electron chi connectivity index (χ2n) is 8.22. The van der Waals surface area contributed by atoms with Gasteiger partial charge in [0.2, 0.25) is 6.29 Å². The van der Waals surface area contributed by atoms with Gasteiger partial charge in [0.1, 0.15) is 6.61 Å². The van der Waals surface area contributed by atoms with Gasteiger partial charge in [-0.05, 0) is 44.0 Å². The molecule has 0 heterocycles. The van der Waals surface area contributed by atoms with E-state index in [-0.39, 0.29) is 23.3 Å². The summed E-state index contributed by atoms with van der Waals surface area (Å²) in [5.41, 5.74) is 1.78. The Morgan fingerprint density at radius 1 is 0.824 bits per heavy atom. The normalized spacial score (nSPS) is 11.7.